The van der Waals surface area contributed by atoms with Crippen molar-refractivity contribution in [3.8, 4) is 0 Å². The Morgan fingerprint density at radius 3 is 1.76 bits per heavy atom. The minimum atomic E-state index is -2.69. The Hall–Kier alpha value is -2.24. The lowest BCUT2D eigenvalue weighted by Crippen LogP contribution is -2.67. The molecule has 2 aromatic carbocycles. The van der Waals surface area contributed by atoms with Gasteiger partial charge in [0.15, 0.2) is 0 Å². The average molecular weight is 519 g/mol. The van der Waals surface area contributed by atoms with Crippen LogP contribution in [0.1, 0.15) is 59.8 Å². The van der Waals surface area contributed by atoms with Crippen LogP contribution in [0.2, 0.25) is 5.04 Å². The highest BCUT2D eigenvalue weighted by Gasteiger charge is 2.51. The number of hydrogen-bond acceptors (Lipinski definition) is 3. The first kappa shape index (κ1) is 29.3. The van der Waals surface area contributed by atoms with E-state index >= 15 is 0 Å². The molecule has 1 aliphatic rings. The highest BCUT2D eigenvalue weighted by Crippen LogP contribution is 2.40. The Bertz CT molecular complexity index is 967. The van der Waals surface area contributed by atoms with Crippen LogP contribution < -0.4 is 10.4 Å². The molecule has 0 radical (unpaired) electrons. The van der Waals surface area contributed by atoms with E-state index in [1.807, 2.05) is 12.1 Å². The van der Waals surface area contributed by atoms with E-state index in [2.05, 4.69) is 113 Å². The number of aliphatic hydroxyl groups excluding tert-OH is 2. The van der Waals surface area contributed by atoms with Gasteiger partial charge in [0.25, 0.3) is 8.32 Å². The summed E-state index contributed by atoms with van der Waals surface area (Å²) in [5.41, 5.74) is 0. The zero-order valence-electron chi connectivity index (χ0n) is 23.1. The molecule has 3 nitrogen and oxygen atoms in total. The van der Waals surface area contributed by atoms with Crippen LogP contribution in [0.4, 0.5) is 0 Å². The Labute approximate surface area is 225 Å². The number of aliphatic hydroxyl groups is 2. The van der Waals surface area contributed by atoms with Crippen molar-refractivity contribution in [2.24, 2.45) is 11.8 Å². The molecule has 0 aromatic heterocycles. The summed E-state index contributed by atoms with van der Waals surface area (Å²) >= 11 is 0. The number of rotatable bonds is 12. The Morgan fingerprint density at radius 1 is 0.757 bits per heavy atom. The van der Waals surface area contributed by atoms with Crippen LogP contribution in [-0.2, 0) is 4.43 Å². The van der Waals surface area contributed by atoms with Gasteiger partial charge in [-0.3, -0.25) is 0 Å². The van der Waals surface area contributed by atoms with Crippen molar-refractivity contribution in [3.63, 3.8) is 0 Å². The second kappa shape index (κ2) is 14.1. The summed E-state index contributed by atoms with van der Waals surface area (Å²) in [6, 6.07) is 21.2. The summed E-state index contributed by atoms with van der Waals surface area (Å²) in [5, 5.41) is 24.1. The van der Waals surface area contributed by atoms with Crippen LogP contribution >= 0.6 is 0 Å². The summed E-state index contributed by atoms with van der Waals surface area (Å²) in [6.45, 7) is 9.39. The van der Waals surface area contributed by atoms with Crippen molar-refractivity contribution in [2.75, 3.05) is 6.61 Å². The Morgan fingerprint density at radius 2 is 1.24 bits per heavy atom. The largest absolute Gasteiger partial charge is 0.407 e. The van der Waals surface area contributed by atoms with E-state index < -0.39 is 20.5 Å². The van der Waals surface area contributed by atoms with Gasteiger partial charge in [-0.05, 0) is 53.4 Å². The quantitative estimate of drug-likeness (QED) is 0.261. The lowest BCUT2D eigenvalue weighted by molar-refractivity contribution is 0.0729. The van der Waals surface area contributed by atoms with Crippen LogP contribution in [0.3, 0.4) is 0 Å². The molecule has 200 valence electrons. The molecule has 3 rings (SSSR count). The topological polar surface area (TPSA) is 49.7 Å². The van der Waals surface area contributed by atoms with E-state index in [4.69, 9.17) is 4.43 Å². The number of benzene rings is 2. The van der Waals surface area contributed by atoms with Gasteiger partial charge in [0.1, 0.15) is 0 Å². The van der Waals surface area contributed by atoms with Crippen LogP contribution in [0.5, 0.6) is 0 Å². The van der Waals surface area contributed by atoms with Gasteiger partial charge in [0.2, 0.25) is 0 Å². The molecular weight excluding hydrogens is 472 g/mol. The zero-order valence-corrected chi connectivity index (χ0v) is 24.1. The van der Waals surface area contributed by atoms with Crippen molar-refractivity contribution in [3.05, 3.63) is 97.1 Å². The van der Waals surface area contributed by atoms with Crippen LogP contribution in [0.15, 0.2) is 97.1 Å². The SMILES string of the molecule is CC/C=C\C/C=C\C/C=C\C[C@@H]1[C@H](CO[Si](c2ccccc2)(c2ccccc2)C(C)(C)C)[C@@H](O)C[C@H]1O. The summed E-state index contributed by atoms with van der Waals surface area (Å²) in [6.07, 6.45) is 16.1. The standard InChI is InChI=1S/C33H46O3Si/c1-5-6-7-8-9-10-11-12-19-24-29-30(32(35)25-31(29)34)26-36-37(33(2,3)4,27-20-15-13-16-21-27)28-22-17-14-18-23-28/h6-7,9-10,12-23,29-32,34-35H,5,8,11,24-26H2,1-4H3/b7-6-,10-9-,19-12-/t29-,30+,31-,32+/m1/s1. The van der Waals surface area contributed by atoms with Crippen molar-refractivity contribution in [1.82, 2.24) is 0 Å². The second-order valence-electron chi connectivity index (χ2n) is 11.2. The van der Waals surface area contributed by atoms with Gasteiger partial charge in [-0.25, -0.2) is 0 Å². The molecule has 0 amide bonds. The van der Waals surface area contributed by atoms with E-state index in [0.717, 1.165) is 25.7 Å². The summed E-state index contributed by atoms with van der Waals surface area (Å²) < 4.78 is 7.12. The summed E-state index contributed by atoms with van der Waals surface area (Å²) in [5.74, 6) is -0.114. The molecule has 0 spiro atoms. The van der Waals surface area contributed by atoms with E-state index in [0.29, 0.717) is 13.0 Å². The minimum absolute atomic E-state index is 0.0130. The van der Waals surface area contributed by atoms with E-state index in [1.165, 1.54) is 10.4 Å². The first-order valence-electron chi connectivity index (χ1n) is 13.9. The molecule has 2 aromatic rings. The zero-order chi connectivity index (χ0) is 26.7. The monoisotopic (exact) mass is 518 g/mol. The summed E-state index contributed by atoms with van der Waals surface area (Å²) in [4.78, 5) is 0. The molecule has 1 aliphatic carbocycles. The first-order chi connectivity index (χ1) is 17.8. The maximum absolute atomic E-state index is 10.9. The fraction of sp³-hybridized carbons (Fsp3) is 0.455. The van der Waals surface area contributed by atoms with Gasteiger partial charge in [0, 0.05) is 12.5 Å². The van der Waals surface area contributed by atoms with Crippen molar-refractivity contribution < 1.29 is 14.6 Å². The molecule has 0 saturated heterocycles. The van der Waals surface area contributed by atoms with Gasteiger partial charge < -0.3 is 14.6 Å². The normalized spacial score (nSPS) is 23.1. The fourth-order valence-electron chi connectivity index (χ4n) is 5.68. The molecule has 1 fully saturated rings. The molecular formula is C33H46O3Si. The molecule has 0 aliphatic heterocycles. The van der Waals surface area contributed by atoms with E-state index in [1.54, 1.807) is 0 Å². The predicted octanol–water partition coefficient (Wildman–Crippen LogP) is 6.17. The Kier molecular flexibility index (Phi) is 11.1. The third-order valence-corrected chi connectivity index (χ3v) is 12.6. The Balaban J connectivity index is 1.78. The van der Waals surface area contributed by atoms with Crippen LogP contribution in [-0.4, -0.2) is 37.3 Å². The number of hydrogen-bond donors (Lipinski definition) is 2. The highest BCUT2D eigenvalue weighted by atomic mass is 28.4. The van der Waals surface area contributed by atoms with E-state index in [9.17, 15) is 10.2 Å². The maximum atomic E-state index is 10.9. The first-order valence-corrected chi connectivity index (χ1v) is 15.8. The molecule has 2 N–H and O–H groups in total. The minimum Gasteiger partial charge on any atom is -0.407 e. The lowest BCUT2D eigenvalue weighted by atomic mass is 9.91. The summed E-state index contributed by atoms with van der Waals surface area (Å²) in [7, 11) is -2.69. The second-order valence-corrected chi connectivity index (χ2v) is 15.5. The van der Waals surface area contributed by atoms with Crippen molar-refractivity contribution in [1.29, 1.82) is 0 Å². The van der Waals surface area contributed by atoms with Gasteiger partial charge in [-0.1, -0.05) is 125 Å². The molecule has 4 heteroatoms. The highest BCUT2D eigenvalue weighted by molar-refractivity contribution is 6.99. The van der Waals surface area contributed by atoms with Gasteiger partial charge >= 0.3 is 0 Å². The molecule has 1 saturated carbocycles. The molecule has 4 atom stereocenters. The number of allylic oxidation sites excluding steroid dienone is 6. The van der Waals surface area contributed by atoms with Gasteiger partial charge in [0.05, 0.1) is 12.2 Å². The third-order valence-electron chi connectivity index (χ3n) is 7.62. The predicted molar refractivity (Wildman–Crippen MR) is 159 cm³/mol. The smallest absolute Gasteiger partial charge is 0.261 e. The molecule has 37 heavy (non-hydrogen) atoms. The van der Waals surface area contributed by atoms with Gasteiger partial charge in [-0.2, -0.15) is 0 Å². The van der Waals surface area contributed by atoms with Crippen molar-refractivity contribution >= 4 is 18.7 Å². The van der Waals surface area contributed by atoms with Gasteiger partial charge in [-0.15, -0.1) is 0 Å². The van der Waals surface area contributed by atoms with Crippen molar-refractivity contribution in [2.45, 2.75) is 77.0 Å². The maximum Gasteiger partial charge on any atom is 0.261 e. The van der Waals surface area contributed by atoms with Crippen LogP contribution in [0.25, 0.3) is 0 Å². The fourth-order valence-corrected chi connectivity index (χ4v) is 10.3. The van der Waals surface area contributed by atoms with E-state index in [-0.39, 0.29) is 16.9 Å². The molecule has 0 bridgehead atoms. The third kappa shape index (κ3) is 7.42. The average Bonchev–Trinajstić information content (AvgIpc) is 3.15. The lowest BCUT2D eigenvalue weighted by Gasteiger charge is -2.44. The molecule has 0 unspecified atom stereocenters. The molecule has 0 heterocycles. The van der Waals surface area contributed by atoms with Crippen LogP contribution in [0, 0.1) is 11.8 Å².